The van der Waals surface area contributed by atoms with Crippen molar-refractivity contribution in [1.82, 2.24) is 9.97 Å². The third-order valence-electron chi connectivity index (χ3n) is 8.23. The van der Waals surface area contributed by atoms with E-state index in [1.165, 1.54) is 32.3 Å². The second-order valence-corrected chi connectivity index (χ2v) is 10.6. The summed E-state index contributed by atoms with van der Waals surface area (Å²) < 4.78 is 6.27. The number of fused-ring (bicyclic) bond motifs is 10. The van der Waals surface area contributed by atoms with Gasteiger partial charge in [-0.05, 0) is 68.7 Å². The van der Waals surface area contributed by atoms with Crippen molar-refractivity contribution in [1.29, 1.82) is 0 Å². The quantitative estimate of drug-likeness (QED) is 0.212. The molecule has 0 unspecified atom stereocenters. The standard InChI is InChI=1S/C38H22N2O/c1-2-10-23(11-3-1)37-38(40-34-16-8-7-15-33(34)39-37)24-18-19-27-29(20-24)25-12-4-5-13-26(25)31-22-36-32(21-30(27)31)28-14-6-9-17-35(28)41-36/h1-22H. The van der Waals surface area contributed by atoms with Crippen molar-refractivity contribution in [2.45, 2.75) is 0 Å². The van der Waals surface area contributed by atoms with Gasteiger partial charge < -0.3 is 4.42 Å². The van der Waals surface area contributed by atoms with E-state index in [0.29, 0.717) is 0 Å². The maximum absolute atomic E-state index is 6.27. The van der Waals surface area contributed by atoms with Crippen molar-refractivity contribution < 1.29 is 4.42 Å². The molecule has 0 spiro atoms. The smallest absolute Gasteiger partial charge is 0.136 e. The average Bonchev–Trinajstić information content (AvgIpc) is 3.41. The highest BCUT2D eigenvalue weighted by Gasteiger charge is 2.17. The number of aromatic nitrogens is 2. The van der Waals surface area contributed by atoms with E-state index in [0.717, 1.165) is 55.5 Å². The van der Waals surface area contributed by atoms with Gasteiger partial charge in [0.25, 0.3) is 0 Å². The minimum atomic E-state index is 0.886. The number of nitrogens with zero attached hydrogens (tertiary/aromatic N) is 2. The molecule has 0 radical (unpaired) electrons. The Hall–Kier alpha value is -5.54. The van der Waals surface area contributed by atoms with Crippen LogP contribution >= 0.6 is 0 Å². The molecule has 0 saturated carbocycles. The molecule has 41 heavy (non-hydrogen) atoms. The Kier molecular flexibility index (Phi) is 4.61. The molecule has 0 aliphatic heterocycles. The third-order valence-corrected chi connectivity index (χ3v) is 8.23. The van der Waals surface area contributed by atoms with Crippen molar-refractivity contribution in [3.63, 3.8) is 0 Å². The lowest BCUT2D eigenvalue weighted by molar-refractivity contribution is 0.669. The topological polar surface area (TPSA) is 38.9 Å². The Morgan fingerprint density at radius 2 is 0.902 bits per heavy atom. The molecule has 0 aliphatic rings. The van der Waals surface area contributed by atoms with E-state index < -0.39 is 0 Å². The summed E-state index contributed by atoms with van der Waals surface area (Å²) in [5, 5.41) is 9.53. The van der Waals surface area contributed by atoms with Crippen LogP contribution in [0.3, 0.4) is 0 Å². The highest BCUT2D eigenvalue weighted by atomic mass is 16.3. The van der Waals surface area contributed by atoms with Crippen LogP contribution in [0, 0.1) is 0 Å². The van der Waals surface area contributed by atoms with Crippen LogP contribution in [0.15, 0.2) is 138 Å². The van der Waals surface area contributed by atoms with Crippen molar-refractivity contribution in [2.75, 3.05) is 0 Å². The normalized spacial score (nSPS) is 11.9. The summed E-state index contributed by atoms with van der Waals surface area (Å²) in [4.78, 5) is 10.3. The third kappa shape index (κ3) is 3.33. The molecule has 0 N–H and O–H groups in total. The van der Waals surface area contributed by atoms with Crippen molar-refractivity contribution >= 4 is 65.3 Å². The molecule has 3 heteroatoms. The second-order valence-electron chi connectivity index (χ2n) is 10.6. The molecule has 2 heterocycles. The number of para-hydroxylation sites is 3. The van der Waals surface area contributed by atoms with Gasteiger partial charge in [0.15, 0.2) is 0 Å². The Bertz CT molecular complexity index is 2470. The summed E-state index contributed by atoms with van der Waals surface area (Å²) in [6, 6.07) is 46.6. The maximum Gasteiger partial charge on any atom is 0.136 e. The first kappa shape index (κ1) is 22.3. The van der Waals surface area contributed by atoms with Crippen LogP contribution < -0.4 is 0 Å². The first-order valence-electron chi connectivity index (χ1n) is 13.8. The molecule has 0 atom stereocenters. The highest BCUT2D eigenvalue weighted by Crippen LogP contribution is 2.41. The Labute approximate surface area is 235 Å². The van der Waals surface area contributed by atoms with Gasteiger partial charge in [0, 0.05) is 21.9 Å². The molecule has 3 nitrogen and oxygen atoms in total. The molecule has 0 saturated heterocycles. The average molecular weight is 523 g/mol. The Morgan fingerprint density at radius 3 is 1.66 bits per heavy atom. The fourth-order valence-corrected chi connectivity index (χ4v) is 6.32. The molecule has 7 aromatic carbocycles. The zero-order valence-electron chi connectivity index (χ0n) is 22.0. The molecule has 0 fully saturated rings. The highest BCUT2D eigenvalue weighted by molar-refractivity contribution is 6.28. The van der Waals surface area contributed by atoms with Crippen LogP contribution in [0.2, 0.25) is 0 Å². The predicted molar refractivity (Wildman–Crippen MR) is 170 cm³/mol. The molecule has 0 aliphatic carbocycles. The Balaban J connectivity index is 1.38. The first-order chi connectivity index (χ1) is 20.3. The molecule has 9 aromatic rings. The zero-order valence-corrected chi connectivity index (χ0v) is 22.0. The number of furan rings is 1. The molecule has 0 bridgehead atoms. The molecule has 190 valence electrons. The number of benzene rings is 7. The number of hydrogen-bond donors (Lipinski definition) is 0. The van der Waals surface area contributed by atoms with Gasteiger partial charge in [-0.2, -0.15) is 0 Å². The van der Waals surface area contributed by atoms with Crippen molar-refractivity contribution in [2.24, 2.45) is 0 Å². The van der Waals surface area contributed by atoms with Crippen LogP contribution in [-0.4, -0.2) is 9.97 Å². The van der Waals surface area contributed by atoms with Crippen LogP contribution in [0.25, 0.3) is 87.8 Å². The van der Waals surface area contributed by atoms with Gasteiger partial charge in [-0.3, -0.25) is 0 Å². The molecule has 9 rings (SSSR count). The van der Waals surface area contributed by atoms with E-state index in [4.69, 9.17) is 14.4 Å². The van der Waals surface area contributed by atoms with Crippen molar-refractivity contribution in [3.05, 3.63) is 133 Å². The summed E-state index contributed by atoms with van der Waals surface area (Å²) in [5.74, 6) is 0. The van der Waals surface area contributed by atoms with Crippen LogP contribution in [0.1, 0.15) is 0 Å². The number of hydrogen-bond acceptors (Lipinski definition) is 3. The molecular weight excluding hydrogens is 500 g/mol. The van der Waals surface area contributed by atoms with Gasteiger partial charge >= 0.3 is 0 Å². The van der Waals surface area contributed by atoms with Crippen LogP contribution in [-0.2, 0) is 0 Å². The van der Waals surface area contributed by atoms with Gasteiger partial charge in [0.1, 0.15) is 11.2 Å². The fourth-order valence-electron chi connectivity index (χ4n) is 6.32. The maximum atomic E-state index is 6.27. The lowest BCUT2D eigenvalue weighted by Gasteiger charge is -2.14. The minimum absolute atomic E-state index is 0.886. The summed E-state index contributed by atoms with van der Waals surface area (Å²) in [6.45, 7) is 0. The van der Waals surface area contributed by atoms with Crippen LogP contribution in [0.4, 0.5) is 0 Å². The summed E-state index contributed by atoms with van der Waals surface area (Å²) in [7, 11) is 0. The zero-order chi connectivity index (χ0) is 26.9. The molecular formula is C38H22N2O. The summed E-state index contributed by atoms with van der Waals surface area (Å²) in [5.41, 5.74) is 7.49. The fraction of sp³-hybridized carbons (Fsp3) is 0. The van der Waals surface area contributed by atoms with E-state index >= 15 is 0 Å². The minimum Gasteiger partial charge on any atom is -0.456 e. The lowest BCUT2D eigenvalue weighted by atomic mass is 9.91. The lowest BCUT2D eigenvalue weighted by Crippen LogP contribution is -1.95. The van der Waals surface area contributed by atoms with Gasteiger partial charge in [-0.15, -0.1) is 0 Å². The Morgan fingerprint density at radius 1 is 0.341 bits per heavy atom. The second kappa shape index (κ2) is 8.48. The molecule has 2 aromatic heterocycles. The monoisotopic (exact) mass is 522 g/mol. The summed E-state index contributed by atoms with van der Waals surface area (Å²) in [6.07, 6.45) is 0. The predicted octanol–water partition coefficient (Wildman–Crippen LogP) is 10.3. The van der Waals surface area contributed by atoms with Crippen LogP contribution in [0.5, 0.6) is 0 Å². The number of rotatable bonds is 2. The van der Waals surface area contributed by atoms with Gasteiger partial charge in [-0.1, -0.05) is 97.1 Å². The van der Waals surface area contributed by atoms with Crippen molar-refractivity contribution in [3.8, 4) is 22.5 Å². The van der Waals surface area contributed by atoms with Gasteiger partial charge in [-0.25, -0.2) is 9.97 Å². The van der Waals surface area contributed by atoms with Gasteiger partial charge in [0.2, 0.25) is 0 Å². The summed E-state index contributed by atoms with van der Waals surface area (Å²) >= 11 is 0. The van der Waals surface area contributed by atoms with E-state index in [2.05, 4.69) is 91.0 Å². The van der Waals surface area contributed by atoms with E-state index in [9.17, 15) is 0 Å². The van der Waals surface area contributed by atoms with E-state index in [1.807, 2.05) is 42.5 Å². The molecule has 0 amide bonds. The first-order valence-corrected chi connectivity index (χ1v) is 13.8. The van der Waals surface area contributed by atoms with E-state index in [1.54, 1.807) is 0 Å². The SMILES string of the molecule is c1ccc(-c2nc3ccccc3nc2-c2ccc3c(c2)c2ccccc2c2cc4oc5ccccc5c4cc32)cc1. The largest absolute Gasteiger partial charge is 0.456 e. The van der Waals surface area contributed by atoms with Gasteiger partial charge in [0.05, 0.1) is 22.4 Å². The van der Waals surface area contributed by atoms with E-state index in [-0.39, 0.29) is 0 Å².